The predicted octanol–water partition coefficient (Wildman–Crippen LogP) is 3.43. The Morgan fingerprint density at radius 1 is 1.32 bits per heavy atom. The zero-order chi connectivity index (χ0) is 18.8. The van der Waals surface area contributed by atoms with Crippen molar-refractivity contribution in [3.8, 4) is 5.69 Å². The van der Waals surface area contributed by atoms with Crippen molar-refractivity contribution in [2.24, 2.45) is 0 Å². The van der Waals surface area contributed by atoms with E-state index in [2.05, 4.69) is 9.62 Å². The van der Waals surface area contributed by atoms with Crippen LogP contribution in [0.3, 0.4) is 0 Å². The van der Waals surface area contributed by atoms with Gasteiger partial charge in [0.15, 0.2) is 11.5 Å². The molecule has 1 N–H and O–H groups in total. The molecule has 1 heterocycles. The molecule has 6 nitrogen and oxygen atoms in total. The summed E-state index contributed by atoms with van der Waals surface area (Å²) in [4.78, 5) is 21.5. The molecule has 0 aliphatic heterocycles. The van der Waals surface area contributed by atoms with Crippen molar-refractivity contribution < 1.29 is 36.3 Å². The van der Waals surface area contributed by atoms with Gasteiger partial charge in [-0.05, 0) is 31.2 Å². The van der Waals surface area contributed by atoms with Crippen LogP contribution in [-0.2, 0) is 15.3 Å². The minimum atomic E-state index is -4.97. The first kappa shape index (κ1) is 19.3. The van der Waals surface area contributed by atoms with Gasteiger partial charge in [0, 0.05) is 0 Å². The fourth-order valence-corrected chi connectivity index (χ4v) is 3.15. The molecule has 0 spiro atoms. The Hall–Kier alpha value is -2.03. The molecular weight excluding hydrogens is 367 g/mol. The van der Waals surface area contributed by atoms with E-state index in [0.717, 1.165) is 24.3 Å². The van der Waals surface area contributed by atoms with Crippen LogP contribution in [0.2, 0.25) is 0 Å². The summed E-state index contributed by atoms with van der Waals surface area (Å²) in [6.07, 6.45) is -5.43. The summed E-state index contributed by atoms with van der Waals surface area (Å²) in [7, 11) is -4.36. The lowest BCUT2D eigenvalue weighted by molar-refractivity contribution is -0.143. The van der Waals surface area contributed by atoms with Crippen molar-refractivity contribution in [2.75, 3.05) is 12.8 Å². The number of Topliss-reactive ketones (excluding diaryl/α,β-unsaturated/α-hetero) is 1. The summed E-state index contributed by atoms with van der Waals surface area (Å²) in [5.74, 6) is -1.89. The molecule has 0 bridgehead atoms. The third-order valence-electron chi connectivity index (χ3n) is 3.08. The Bertz CT molecular complexity index is 817. The topological polar surface area (TPSA) is 81.4 Å². The Balaban J connectivity index is 2.48. The van der Waals surface area contributed by atoms with Gasteiger partial charge >= 0.3 is 13.8 Å². The second kappa shape index (κ2) is 7.07. The highest BCUT2D eigenvalue weighted by atomic mass is 31.2. The molecule has 0 saturated carbocycles. The Morgan fingerprint density at radius 2 is 1.92 bits per heavy atom. The minimum absolute atomic E-state index is 0.121. The first-order chi connectivity index (χ1) is 11.5. The Labute approximate surface area is 139 Å². The molecule has 0 fully saturated rings. The van der Waals surface area contributed by atoms with Crippen molar-refractivity contribution in [3.63, 3.8) is 0 Å². The smallest absolute Gasteiger partial charge is 0.324 e. The monoisotopic (exact) mass is 380 g/mol. The summed E-state index contributed by atoms with van der Waals surface area (Å²) in [6, 6.07) is 4.00. The standard InChI is InChI=1S/C14H13F4N2O4P/c1-2-24-25(22,23)8-12(21)11-7-19-20(13(11)14(16,17)18)10-5-3-9(15)4-6-10/h3-7H,2,8H2,1H3,(H,22,23). The summed E-state index contributed by atoms with van der Waals surface area (Å²) in [5, 5.41) is 3.52. The number of rotatable bonds is 6. The van der Waals surface area contributed by atoms with E-state index in [-0.39, 0.29) is 12.3 Å². The van der Waals surface area contributed by atoms with E-state index in [4.69, 9.17) is 0 Å². The van der Waals surface area contributed by atoms with Gasteiger partial charge in [0.1, 0.15) is 12.0 Å². The largest absolute Gasteiger partial charge is 0.434 e. The van der Waals surface area contributed by atoms with E-state index in [1.54, 1.807) is 0 Å². The number of hydrogen-bond acceptors (Lipinski definition) is 4. The molecule has 2 aromatic rings. The van der Waals surface area contributed by atoms with Crippen LogP contribution in [0.1, 0.15) is 23.0 Å². The van der Waals surface area contributed by atoms with E-state index in [9.17, 15) is 31.8 Å². The molecule has 0 aliphatic rings. The molecule has 25 heavy (non-hydrogen) atoms. The quantitative estimate of drug-likeness (QED) is 0.472. The fourth-order valence-electron chi connectivity index (χ4n) is 2.12. The van der Waals surface area contributed by atoms with Crippen LogP contribution in [0.25, 0.3) is 5.69 Å². The van der Waals surface area contributed by atoms with Gasteiger partial charge < -0.3 is 9.42 Å². The molecule has 0 radical (unpaired) electrons. The zero-order valence-corrected chi connectivity index (χ0v) is 13.7. The van der Waals surface area contributed by atoms with Gasteiger partial charge in [0.25, 0.3) is 0 Å². The molecule has 0 saturated heterocycles. The Morgan fingerprint density at radius 3 is 2.44 bits per heavy atom. The summed E-state index contributed by atoms with van der Waals surface area (Å²) < 4.78 is 69.7. The predicted molar refractivity (Wildman–Crippen MR) is 79.2 cm³/mol. The maximum Gasteiger partial charge on any atom is 0.434 e. The third kappa shape index (κ3) is 4.53. The maximum atomic E-state index is 13.4. The van der Waals surface area contributed by atoms with Crippen LogP contribution in [0, 0.1) is 5.82 Å². The molecule has 11 heteroatoms. The lowest BCUT2D eigenvalue weighted by Crippen LogP contribution is -2.19. The molecule has 1 aromatic heterocycles. The van der Waals surface area contributed by atoms with E-state index < -0.39 is 42.8 Å². The van der Waals surface area contributed by atoms with Crippen molar-refractivity contribution in [1.29, 1.82) is 0 Å². The van der Waals surface area contributed by atoms with Gasteiger partial charge in [-0.1, -0.05) is 0 Å². The summed E-state index contributed by atoms with van der Waals surface area (Å²) in [6.45, 7) is 1.23. The number of hydrogen-bond donors (Lipinski definition) is 1. The molecule has 0 aliphatic carbocycles. The van der Waals surface area contributed by atoms with Gasteiger partial charge in [0.2, 0.25) is 0 Å². The van der Waals surface area contributed by atoms with Gasteiger partial charge in [-0.25, -0.2) is 9.07 Å². The maximum absolute atomic E-state index is 13.4. The first-order valence-corrected chi connectivity index (χ1v) is 8.72. The van der Waals surface area contributed by atoms with Crippen LogP contribution in [0.15, 0.2) is 30.5 Å². The highest BCUT2D eigenvalue weighted by molar-refractivity contribution is 7.53. The molecule has 0 amide bonds. The number of benzene rings is 1. The number of alkyl halides is 3. The average molecular weight is 380 g/mol. The van der Waals surface area contributed by atoms with Crippen LogP contribution in [-0.4, -0.2) is 33.2 Å². The highest BCUT2D eigenvalue weighted by Crippen LogP contribution is 2.43. The summed E-state index contributed by atoms with van der Waals surface area (Å²) >= 11 is 0. The van der Waals surface area contributed by atoms with E-state index >= 15 is 0 Å². The number of aromatic nitrogens is 2. The van der Waals surface area contributed by atoms with Crippen molar-refractivity contribution in [2.45, 2.75) is 13.1 Å². The Kier molecular flexibility index (Phi) is 5.46. The van der Waals surface area contributed by atoms with Crippen LogP contribution in [0.5, 0.6) is 0 Å². The van der Waals surface area contributed by atoms with E-state index in [0.29, 0.717) is 10.9 Å². The first-order valence-electron chi connectivity index (χ1n) is 6.96. The number of carbonyl (C=O) groups is 1. The number of carbonyl (C=O) groups excluding carboxylic acids is 1. The molecule has 1 atom stereocenters. The number of ketones is 1. The fraction of sp³-hybridized carbons (Fsp3) is 0.286. The van der Waals surface area contributed by atoms with Gasteiger partial charge in [-0.3, -0.25) is 9.36 Å². The molecule has 2 rings (SSSR count). The SMILES string of the molecule is CCOP(=O)(O)CC(=O)c1cnn(-c2ccc(F)cc2)c1C(F)(F)F. The zero-order valence-electron chi connectivity index (χ0n) is 12.8. The minimum Gasteiger partial charge on any atom is -0.324 e. The second-order valence-corrected chi connectivity index (χ2v) is 6.78. The third-order valence-corrected chi connectivity index (χ3v) is 4.43. The van der Waals surface area contributed by atoms with E-state index in [1.807, 2.05) is 0 Å². The summed E-state index contributed by atoms with van der Waals surface area (Å²) in [5.41, 5.74) is -2.41. The lowest BCUT2D eigenvalue weighted by atomic mass is 10.1. The van der Waals surface area contributed by atoms with Crippen LogP contribution in [0.4, 0.5) is 17.6 Å². The lowest BCUT2D eigenvalue weighted by Gasteiger charge is -2.13. The molecule has 1 aromatic carbocycles. The van der Waals surface area contributed by atoms with Crippen LogP contribution < -0.4 is 0 Å². The van der Waals surface area contributed by atoms with Crippen molar-refractivity contribution >= 4 is 13.4 Å². The average Bonchev–Trinajstić information content (AvgIpc) is 2.92. The number of nitrogens with zero attached hydrogens (tertiary/aromatic N) is 2. The molecule has 136 valence electrons. The van der Waals surface area contributed by atoms with Gasteiger partial charge in [0.05, 0.1) is 24.1 Å². The normalized spacial score (nSPS) is 14.3. The van der Waals surface area contributed by atoms with Crippen LogP contribution >= 0.6 is 7.60 Å². The van der Waals surface area contributed by atoms with Gasteiger partial charge in [-0.2, -0.15) is 18.3 Å². The molecule has 1 unspecified atom stereocenters. The van der Waals surface area contributed by atoms with Gasteiger partial charge in [-0.15, -0.1) is 0 Å². The van der Waals surface area contributed by atoms with Crippen molar-refractivity contribution in [3.05, 3.63) is 47.5 Å². The second-order valence-electron chi connectivity index (χ2n) is 4.93. The van der Waals surface area contributed by atoms with E-state index in [1.165, 1.54) is 6.92 Å². The van der Waals surface area contributed by atoms with Crippen molar-refractivity contribution in [1.82, 2.24) is 9.78 Å². The molecular formula is C14H13F4N2O4P. The highest BCUT2D eigenvalue weighted by Gasteiger charge is 2.41. The number of halogens is 4.